The standard InChI is InChI=1S/C19H25N3O2.2ClH/c1-16-6-2-3-7-18(16)24-15-17(23)14-21-10-12-22(13-11-21)19-8-4-5-9-20-19;;/h2-9,17,23H,10-15H2,1H3;2*1H. The zero-order valence-electron chi connectivity index (χ0n) is 15.0. The number of piperazine rings is 1. The number of aryl methyl sites for hydroxylation is 1. The van der Waals surface area contributed by atoms with Gasteiger partial charge in [-0.25, -0.2) is 4.98 Å². The van der Waals surface area contributed by atoms with Crippen LogP contribution in [0.15, 0.2) is 48.7 Å². The smallest absolute Gasteiger partial charge is 0.128 e. The van der Waals surface area contributed by atoms with Crippen molar-refractivity contribution in [2.75, 3.05) is 44.2 Å². The Bertz CT molecular complexity index is 638. The third-order valence-electron chi connectivity index (χ3n) is 4.34. The van der Waals surface area contributed by atoms with Gasteiger partial charge in [0, 0.05) is 38.9 Å². The summed E-state index contributed by atoms with van der Waals surface area (Å²) in [6.07, 6.45) is 1.35. The number of aromatic nitrogens is 1. The molecule has 0 saturated carbocycles. The summed E-state index contributed by atoms with van der Waals surface area (Å²) in [6.45, 7) is 6.70. The van der Waals surface area contributed by atoms with Crippen molar-refractivity contribution in [3.63, 3.8) is 0 Å². The number of pyridine rings is 1. The van der Waals surface area contributed by atoms with Crippen molar-refractivity contribution < 1.29 is 9.84 Å². The summed E-state index contributed by atoms with van der Waals surface area (Å²) in [4.78, 5) is 8.97. The van der Waals surface area contributed by atoms with Crippen LogP contribution >= 0.6 is 24.8 Å². The van der Waals surface area contributed by atoms with E-state index in [1.54, 1.807) is 0 Å². The fourth-order valence-corrected chi connectivity index (χ4v) is 2.96. The van der Waals surface area contributed by atoms with Crippen LogP contribution in [0.4, 0.5) is 5.82 Å². The molecule has 1 aliphatic rings. The molecule has 3 rings (SSSR count). The number of anilines is 1. The molecule has 1 aliphatic heterocycles. The first-order valence-electron chi connectivity index (χ1n) is 8.47. The van der Waals surface area contributed by atoms with Crippen molar-refractivity contribution in [3.05, 3.63) is 54.2 Å². The Hall–Kier alpha value is -1.53. The topological polar surface area (TPSA) is 48.8 Å². The number of benzene rings is 1. The van der Waals surface area contributed by atoms with Crippen molar-refractivity contribution >= 4 is 30.6 Å². The van der Waals surface area contributed by atoms with E-state index in [1.165, 1.54) is 0 Å². The van der Waals surface area contributed by atoms with E-state index in [0.717, 1.165) is 43.3 Å². The van der Waals surface area contributed by atoms with E-state index in [2.05, 4.69) is 14.8 Å². The lowest BCUT2D eigenvalue weighted by Crippen LogP contribution is -2.49. The summed E-state index contributed by atoms with van der Waals surface area (Å²) >= 11 is 0. The maximum Gasteiger partial charge on any atom is 0.128 e. The number of rotatable bonds is 6. The van der Waals surface area contributed by atoms with Crippen molar-refractivity contribution in [1.29, 1.82) is 0 Å². The van der Waals surface area contributed by atoms with Gasteiger partial charge in [0.2, 0.25) is 0 Å². The van der Waals surface area contributed by atoms with E-state index < -0.39 is 6.10 Å². The number of β-amino-alcohol motifs (C(OH)–C–C–N with tert-alkyl or cyclic N) is 1. The van der Waals surface area contributed by atoms with Crippen LogP contribution in [0, 0.1) is 6.92 Å². The van der Waals surface area contributed by atoms with Gasteiger partial charge >= 0.3 is 0 Å². The van der Waals surface area contributed by atoms with Crippen LogP contribution in [0.5, 0.6) is 5.75 Å². The lowest BCUT2D eigenvalue weighted by Gasteiger charge is -2.36. The third kappa shape index (κ3) is 6.32. The normalized spacial score (nSPS) is 15.5. The molecule has 1 saturated heterocycles. The van der Waals surface area contributed by atoms with E-state index in [0.29, 0.717) is 13.2 Å². The average Bonchev–Trinajstić information content (AvgIpc) is 2.62. The molecule has 1 aromatic heterocycles. The number of ether oxygens (including phenoxy) is 1. The Kier molecular flexibility index (Phi) is 9.73. The lowest BCUT2D eigenvalue weighted by molar-refractivity contribution is 0.0660. The predicted octanol–water partition coefficient (Wildman–Crippen LogP) is 2.80. The molecule has 0 aliphatic carbocycles. The molecule has 0 amide bonds. The highest BCUT2D eigenvalue weighted by Crippen LogP contribution is 2.17. The van der Waals surface area contributed by atoms with Gasteiger partial charge in [0.15, 0.2) is 0 Å². The van der Waals surface area contributed by atoms with E-state index in [1.807, 2.05) is 55.6 Å². The van der Waals surface area contributed by atoms with E-state index in [-0.39, 0.29) is 24.8 Å². The SMILES string of the molecule is Cc1ccccc1OCC(O)CN1CCN(c2ccccn2)CC1.Cl.Cl. The van der Waals surface area contributed by atoms with Crippen molar-refractivity contribution in [1.82, 2.24) is 9.88 Å². The van der Waals surface area contributed by atoms with Crippen LogP contribution in [0.3, 0.4) is 0 Å². The van der Waals surface area contributed by atoms with Gasteiger partial charge in [-0.15, -0.1) is 24.8 Å². The van der Waals surface area contributed by atoms with E-state index >= 15 is 0 Å². The Labute approximate surface area is 167 Å². The van der Waals surface area contributed by atoms with Gasteiger partial charge in [-0.1, -0.05) is 24.3 Å². The maximum atomic E-state index is 10.2. The quantitative estimate of drug-likeness (QED) is 0.808. The van der Waals surface area contributed by atoms with Crippen LogP contribution in [0.2, 0.25) is 0 Å². The molecule has 1 N–H and O–H groups in total. The second-order valence-corrected chi connectivity index (χ2v) is 6.21. The summed E-state index contributed by atoms with van der Waals surface area (Å²) < 4.78 is 5.73. The van der Waals surface area contributed by atoms with Gasteiger partial charge in [-0.05, 0) is 30.7 Å². The summed E-state index contributed by atoms with van der Waals surface area (Å²) in [6, 6.07) is 13.9. The van der Waals surface area contributed by atoms with Gasteiger partial charge in [-0.3, -0.25) is 4.90 Å². The summed E-state index contributed by atoms with van der Waals surface area (Å²) in [5.74, 6) is 1.87. The van der Waals surface area contributed by atoms with Crippen molar-refractivity contribution in [2.24, 2.45) is 0 Å². The van der Waals surface area contributed by atoms with Crippen LogP contribution in [0.1, 0.15) is 5.56 Å². The summed E-state index contributed by atoms with van der Waals surface area (Å²) in [5.41, 5.74) is 1.09. The molecule has 1 unspecified atom stereocenters. The van der Waals surface area contributed by atoms with Crippen molar-refractivity contribution in [2.45, 2.75) is 13.0 Å². The molecule has 1 atom stereocenters. The molecule has 5 nitrogen and oxygen atoms in total. The first-order chi connectivity index (χ1) is 11.7. The predicted molar refractivity (Wildman–Crippen MR) is 110 cm³/mol. The zero-order chi connectivity index (χ0) is 16.8. The maximum absolute atomic E-state index is 10.2. The largest absolute Gasteiger partial charge is 0.491 e. The van der Waals surface area contributed by atoms with Gasteiger partial charge in [0.25, 0.3) is 0 Å². The van der Waals surface area contributed by atoms with E-state index in [4.69, 9.17) is 4.74 Å². The molecule has 0 spiro atoms. The minimum absolute atomic E-state index is 0. The fourth-order valence-electron chi connectivity index (χ4n) is 2.96. The average molecular weight is 400 g/mol. The Morgan fingerprint density at radius 3 is 2.38 bits per heavy atom. The highest BCUT2D eigenvalue weighted by molar-refractivity contribution is 5.85. The molecule has 2 heterocycles. The molecule has 0 bridgehead atoms. The Balaban J connectivity index is 0.00000169. The molecule has 7 heteroatoms. The first-order valence-corrected chi connectivity index (χ1v) is 8.47. The highest BCUT2D eigenvalue weighted by atomic mass is 35.5. The summed E-state index contributed by atoms with van der Waals surface area (Å²) in [5, 5.41) is 10.2. The molecular formula is C19H27Cl2N3O2. The molecular weight excluding hydrogens is 373 g/mol. The summed E-state index contributed by atoms with van der Waals surface area (Å²) in [7, 11) is 0. The molecule has 1 aromatic carbocycles. The molecule has 26 heavy (non-hydrogen) atoms. The molecule has 0 radical (unpaired) electrons. The van der Waals surface area contributed by atoms with Gasteiger partial charge in [0.05, 0.1) is 0 Å². The number of halogens is 2. The van der Waals surface area contributed by atoms with Crippen LogP contribution in [0.25, 0.3) is 0 Å². The minimum atomic E-state index is -0.481. The van der Waals surface area contributed by atoms with Crippen LogP contribution in [-0.4, -0.2) is 60.4 Å². The number of aliphatic hydroxyl groups excluding tert-OH is 1. The van der Waals surface area contributed by atoms with Gasteiger partial charge < -0.3 is 14.7 Å². The number of nitrogens with zero attached hydrogens (tertiary/aromatic N) is 3. The highest BCUT2D eigenvalue weighted by Gasteiger charge is 2.20. The Morgan fingerprint density at radius 2 is 1.73 bits per heavy atom. The number of para-hydroxylation sites is 1. The monoisotopic (exact) mass is 399 g/mol. The first kappa shape index (κ1) is 22.5. The number of aliphatic hydroxyl groups is 1. The van der Waals surface area contributed by atoms with Gasteiger partial charge in [0.1, 0.15) is 24.3 Å². The van der Waals surface area contributed by atoms with Crippen LogP contribution < -0.4 is 9.64 Å². The van der Waals surface area contributed by atoms with E-state index in [9.17, 15) is 5.11 Å². The second kappa shape index (κ2) is 11.2. The fraction of sp³-hybridized carbons (Fsp3) is 0.421. The number of hydrogen-bond donors (Lipinski definition) is 1. The number of hydrogen-bond acceptors (Lipinski definition) is 5. The van der Waals surface area contributed by atoms with Gasteiger partial charge in [-0.2, -0.15) is 0 Å². The van der Waals surface area contributed by atoms with Crippen molar-refractivity contribution in [3.8, 4) is 5.75 Å². The molecule has 144 valence electrons. The molecule has 1 fully saturated rings. The second-order valence-electron chi connectivity index (χ2n) is 6.21. The zero-order valence-corrected chi connectivity index (χ0v) is 16.6. The third-order valence-corrected chi connectivity index (χ3v) is 4.34. The minimum Gasteiger partial charge on any atom is -0.491 e. The Morgan fingerprint density at radius 1 is 1.04 bits per heavy atom. The van der Waals surface area contributed by atoms with Crippen LogP contribution in [-0.2, 0) is 0 Å². The molecule has 2 aromatic rings. The lowest BCUT2D eigenvalue weighted by atomic mass is 10.2.